The van der Waals surface area contributed by atoms with E-state index < -0.39 is 0 Å². The van der Waals surface area contributed by atoms with Crippen LogP contribution in [0.1, 0.15) is 31.7 Å². The molecule has 1 aromatic heterocycles. The van der Waals surface area contributed by atoms with E-state index in [-0.39, 0.29) is 0 Å². The van der Waals surface area contributed by atoms with Gasteiger partial charge in [0.05, 0.1) is 0 Å². The summed E-state index contributed by atoms with van der Waals surface area (Å²) in [5.74, 6) is 0. The lowest BCUT2D eigenvalue weighted by Gasteiger charge is -2.06. The molecule has 78 valence electrons. The summed E-state index contributed by atoms with van der Waals surface area (Å²) in [7, 11) is 0. The average Bonchev–Trinajstić information content (AvgIpc) is 2.17. The molecule has 1 unspecified atom stereocenters. The molecule has 0 spiro atoms. The van der Waals surface area contributed by atoms with Crippen molar-refractivity contribution in [1.29, 1.82) is 0 Å². The van der Waals surface area contributed by atoms with Gasteiger partial charge in [-0.1, -0.05) is 22.9 Å². The second-order valence-electron chi connectivity index (χ2n) is 3.41. The van der Waals surface area contributed by atoms with E-state index in [0.29, 0.717) is 4.83 Å². The van der Waals surface area contributed by atoms with Gasteiger partial charge in [0.1, 0.15) is 0 Å². The number of hydrogen-bond donors (Lipinski definition) is 0. The van der Waals surface area contributed by atoms with Gasteiger partial charge in [-0.2, -0.15) is 0 Å². The Hall–Kier alpha value is 0.110. The summed E-state index contributed by atoms with van der Waals surface area (Å²) in [6, 6.07) is 2.14. The first-order valence-corrected chi connectivity index (χ1v) is 6.66. The lowest BCUT2D eigenvalue weighted by Crippen LogP contribution is -1.96. The molecule has 0 bridgehead atoms. The summed E-state index contributed by atoms with van der Waals surface area (Å²) >= 11 is 7.06. The highest BCUT2D eigenvalue weighted by Gasteiger charge is 2.01. The van der Waals surface area contributed by atoms with Gasteiger partial charge in [0.15, 0.2) is 0 Å². The van der Waals surface area contributed by atoms with Crippen LogP contribution >= 0.6 is 31.9 Å². The van der Waals surface area contributed by atoms with Crippen LogP contribution in [0.15, 0.2) is 22.9 Å². The molecule has 14 heavy (non-hydrogen) atoms. The number of nitrogens with zero attached hydrogens (tertiary/aromatic N) is 1. The highest BCUT2D eigenvalue weighted by Crippen LogP contribution is 2.16. The van der Waals surface area contributed by atoms with Crippen molar-refractivity contribution in [1.82, 2.24) is 4.98 Å². The number of rotatable bonds is 5. The van der Waals surface area contributed by atoms with Crippen molar-refractivity contribution in [3.63, 3.8) is 0 Å². The van der Waals surface area contributed by atoms with Crippen molar-refractivity contribution in [3.05, 3.63) is 28.5 Å². The summed E-state index contributed by atoms with van der Waals surface area (Å²) in [6.07, 6.45) is 8.55. The number of aromatic nitrogens is 1. The predicted molar refractivity (Wildman–Crippen MR) is 67.9 cm³/mol. The summed E-state index contributed by atoms with van der Waals surface area (Å²) in [6.45, 7) is 2.21. The third-order valence-electron chi connectivity index (χ3n) is 2.19. The third-order valence-corrected chi connectivity index (χ3v) is 3.73. The number of hydrogen-bond acceptors (Lipinski definition) is 1. The topological polar surface area (TPSA) is 12.9 Å². The van der Waals surface area contributed by atoms with E-state index in [4.69, 9.17) is 0 Å². The molecule has 1 nitrogen and oxygen atoms in total. The highest BCUT2D eigenvalue weighted by molar-refractivity contribution is 9.10. The van der Waals surface area contributed by atoms with Crippen molar-refractivity contribution in [2.75, 3.05) is 0 Å². The minimum atomic E-state index is 0.669. The van der Waals surface area contributed by atoms with Crippen LogP contribution in [0.2, 0.25) is 0 Å². The highest BCUT2D eigenvalue weighted by atomic mass is 79.9. The first-order chi connectivity index (χ1) is 6.72. The maximum absolute atomic E-state index is 4.14. The van der Waals surface area contributed by atoms with Gasteiger partial charge in [0.25, 0.3) is 0 Å². The SMILES string of the molecule is CCC(Br)CCCc1cncc(Br)c1. The zero-order valence-corrected chi connectivity index (χ0v) is 11.5. The molecule has 0 saturated heterocycles. The molecule has 0 aromatic carbocycles. The Morgan fingerprint density at radius 2 is 2.21 bits per heavy atom. The standard InChI is InChI=1S/C11H15Br2N/c1-2-10(12)5-3-4-9-6-11(13)8-14-7-9/h6-8,10H,2-5H2,1H3. The van der Waals surface area contributed by atoms with Gasteiger partial charge < -0.3 is 0 Å². The minimum Gasteiger partial charge on any atom is -0.263 e. The van der Waals surface area contributed by atoms with E-state index in [9.17, 15) is 0 Å². The van der Waals surface area contributed by atoms with Crippen LogP contribution in [0.25, 0.3) is 0 Å². The number of halogens is 2. The van der Waals surface area contributed by atoms with E-state index in [1.54, 1.807) is 0 Å². The van der Waals surface area contributed by atoms with Crippen LogP contribution in [0.4, 0.5) is 0 Å². The molecule has 3 heteroatoms. The zero-order chi connectivity index (χ0) is 10.4. The maximum atomic E-state index is 4.14. The molecule has 0 aliphatic heterocycles. The molecule has 1 aromatic rings. The number of pyridine rings is 1. The van der Waals surface area contributed by atoms with Crippen LogP contribution < -0.4 is 0 Å². The van der Waals surface area contributed by atoms with E-state index in [1.807, 2.05) is 12.4 Å². The average molecular weight is 321 g/mol. The van der Waals surface area contributed by atoms with Crippen LogP contribution in [-0.2, 0) is 6.42 Å². The van der Waals surface area contributed by atoms with E-state index in [1.165, 1.54) is 24.8 Å². The van der Waals surface area contributed by atoms with Crippen molar-refractivity contribution in [2.24, 2.45) is 0 Å². The van der Waals surface area contributed by atoms with Gasteiger partial charge in [-0.3, -0.25) is 4.98 Å². The Labute approximate surface area is 103 Å². The molecular formula is C11H15Br2N. The summed E-state index contributed by atoms with van der Waals surface area (Å²) < 4.78 is 1.07. The molecule has 0 aliphatic carbocycles. The summed E-state index contributed by atoms with van der Waals surface area (Å²) in [5.41, 5.74) is 1.31. The number of aryl methyl sites for hydroxylation is 1. The number of alkyl halides is 1. The minimum absolute atomic E-state index is 0.669. The normalized spacial score (nSPS) is 12.8. The second kappa shape index (κ2) is 6.57. The van der Waals surface area contributed by atoms with Gasteiger partial charge in [-0.05, 0) is 53.2 Å². The van der Waals surface area contributed by atoms with Crippen LogP contribution in [0.5, 0.6) is 0 Å². The van der Waals surface area contributed by atoms with Crippen LogP contribution in [0, 0.1) is 0 Å². The van der Waals surface area contributed by atoms with Gasteiger partial charge >= 0.3 is 0 Å². The fraction of sp³-hybridized carbons (Fsp3) is 0.545. The molecule has 0 amide bonds. The molecule has 0 aliphatic rings. The molecular weight excluding hydrogens is 306 g/mol. The Morgan fingerprint density at radius 3 is 2.86 bits per heavy atom. The van der Waals surface area contributed by atoms with E-state index in [2.05, 4.69) is 49.8 Å². The van der Waals surface area contributed by atoms with E-state index in [0.717, 1.165) is 10.9 Å². The Morgan fingerprint density at radius 1 is 1.43 bits per heavy atom. The lowest BCUT2D eigenvalue weighted by atomic mass is 10.1. The Balaban J connectivity index is 2.31. The molecule has 0 radical (unpaired) electrons. The molecule has 1 rings (SSSR count). The monoisotopic (exact) mass is 319 g/mol. The molecule has 1 heterocycles. The zero-order valence-electron chi connectivity index (χ0n) is 8.34. The Kier molecular flexibility index (Phi) is 5.71. The van der Waals surface area contributed by atoms with Gasteiger partial charge in [-0.25, -0.2) is 0 Å². The van der Waals surface area contributed by atoms with Crippen LogP contribution in [-0.4, -0.2) is 9.81 Å². The fourth-order valence-electron chi connectivity index (χ4n) is 1.32. The molecule has 0 N–H and O–H groups in total. The molecule has 1 atom stereocenters. The fourth-order valence-corrected chi connectivity index (χ4v) is 2.06. The molecule has 0 fully saturated rings. The smallest absolute Gasteiger partial charge is 0.0410 e. The summed E-state index contributed by atoms with van der Waals surface area (Å²) in [5, 5.41) is 0. The van der Waals surface area contributed by atoms with Crippen LogP contribution in [0.3, 0.4) is 0 Å². The van der Waals surface area contributed by atoms with Gasteiger partial charge in [0, 0.05) is 21.7 Å². The quantitative estimate of drug-likeness (QED) is 0.735. The third kappa shape index (κ3) is 4.56. The summed E-state index contributed by atoms with van der Waals surface area (Å²) in [4.78, 5) is 4.81. The lowest BCUT2D eigenvalue weighted by molar-refractivity contribution is 0.688. The van der Waals surface area contributed by atoms with Crippen molar-refractivity contribution in [2.45, 2.75) is 37.4 Å². The predicted octanol–water partition coefficient (Wildman–Crippen LogP) is 4.34. The Bertz CT molecular complexity index is 276. The first-order valence-electron chi connectivity index (χ1n) is 4.96. The second-order valence-corrected chi connectivity index (χ2v) is 5.62. The molecule has 0 saturated carbocycles. The maximum Gasteiger partial charge on any atom is 0.0410 e. The van der Waals surface area contributed by atoms with Crippen molar-refractivity contribution in [3.8, 4) is 0 Å². The largest absolute Gasteiger partial charge is 0.263 e. The van der Waals surface area contributed by atoms with Gasteiger partial charge in [-0.15, -0.1) is 0 Å². The van der Waals surface area contributed by atoms with Crippen molar-refractivity contribution < 1.29 is 0 Å². The van der Waals surface area contributed by atoms with E-state index >= 15 is 0 Å². The van der Waals surface area contributed by atoms with Crippen molar-refractivity contribution >= 4 is 31.9 Å². The van der Waals surface area contributed by atoms with Gasteiger partial charge in [0.2, 0.25) is 0 Å². The first kappa shape index (κ1) is 12.2.